The number of carbonyl (C=O) groups is 1. The zero-order chi connectivity index (χ0) is 14.7. The van der Waals surface area contributed by atoms with Crippen LogP contribution in [0.5, 0.6) is 0 Å². The van der Waals surface area contributed by atoms with Crippen molar-refractivity contribution in [3.05, 3.63) is 35.5 Å². The van der Waals surface area contributed by atoms with Gasteiger partial charge in [0.2, 0.25) is 5.91 Å². The Labute approximate surface area is 125 Å². The molecule has 0 saturated carbocycles. The molecule has 4 heteroatoms. The molecule has 21 heavy (non-hydrogen) atoms. The number of aryl methyl sites for hydroxylation is 1. The van der Waals surface area contributed by atoms with E-state index in [1.54, 1.807) is 0 Å². The SMILES string of the molecule is CCCNC(=O)CNC1CCCc2c1[nH]c1ccccc21. The number of aromatic nitrogens is 1. The quantitative estimate of drug-likeness (QED) is 0.791. The number of hydrogen-bond acceptors (Lipinski definition) is 2. The van der Waals surface area contributed by atoms with E-state index in [1.807, 2.05) is 0 Å². The van der Waals surface area contributed by atoms with Gasteiger partial charge in [0.05, 0.1) is 6.54 Å². The van der Waals surface area contributed by atoms with Crippen LogP contribution < -0.4 is 10.6 Å². The second kappa shape index (κ2) is 6.31. The molecule has 0 aliphatic heterocycles. The van der Waals surface area contributed by atoms with Crippen molar-refractivity contribution in [2.45, 2.75) is 38.6 Å². The number of para-hydroxylation sites is 1. The number of benzene rings is 1. The zero-order valence-corrected chi connectivity index (χ0v) is 12.5. The summed E-state index contributed by atoms with van der Waals surface area (Å²) in [6.07, 6.45) is 4.35. The lowest BCUT2D eigenvalue weighted by Gasteiger charge is -2.23. The molecule has 4 nitrogen and oxygen atoms in total. The highest BCUT2D eigenvalue weighted by Gasteiger charge is 2.24. The molecular formula is C17H23N3O. The molecule has 1 amide bonds. The Morgan fingerprint density at radius 1 is 1.38 bits per heavy atom. The third kappa shape index (κ3) is 2.95. The van der Waals surface area contributed by atoms with Crippen molar-refractivity contribution < 1.29 is 4.79 Å². The zero-order valence-electron chi connectivity index (χ0n) is 12.5. The number of carbonyl (C=O) groups excluding carboxylic acids is 1. The average Bonchev–Trinajstić information content (AvgIpc) is 2.90. The van der Waals surface area contributed by atoms with E-state index >= 15 is 0 Å². The monoisotopic (exact) mass is 285 g/mol. The van der Waals surface area contributed by atoms with Gasteiger partial charge in [-0.15, -0.1) is 0 Å². The molecule has 3 rings (SSSR count). The van der Waals surface area contributed by atoms with E-state index in [9.17, 15) is 4.79 Å². The minimum Gasteiger partial charge on any atom is -0.357 e. The van der Waals surface area contributed by atoms with Gasteiger partial charge in [-0.1, -0.05) is 25.1 Å². The molecule has 112 valence electrons. The van der Waals surface area contributed by atoms with E-state index in [0.717, 1.165) is 25.8 Å². The summed E-state index contributed by atoms with van der Waals surface area (Å²) in [6.45, 7) is 3.20. The van der Waals surface area contributed by atoms with Gasteiger partial charge in [0.1, 0.15) is 0 Å². The molecule has 1 atom stereocenters. The van der Waals surface area contributed by atoms with E-state index in [-0.39, 0.29) is 11.9 Å². The molecule has 2 aromatic rings. The third-order valence-electron chi connectivity index (χ3n) is 4.20. The molecule has 0 fully saturated rings. The van der Waals surface area contributed by atoms with Crippen LogP contribution in [0.25, 0.3) is 10.9 Å². The molecule has 1 aromatic heterocycles. The molecule has 1 heterocycles. The lowest BCUT2D eigenvalue weighted by atomic mass is 9.92. The van der Waals surface area contributed by atoms with Gasteiger partial charge < -0.3 is 15.6 Å². The standard InChI is InChI=1S/C17H23N3O/c1-2-10-18-16(21)11-19-15-9-5-7-13-12-6-3-4-8-14(12)20-17(13)15/h3-4,6,8,15,19-20H,2,5,7,9-11H2,1H3,(H,18,21). The van der Waals surface area contributed by atoms with Crippen molar-refractivity contribution in [2.75, 3.05) is 13.1 Å². The lowest BCUT2D eigenvalue weighted by molar-refractivity contribution is -0.120. The second-order valence-electron chi connectivity index (χ2n) is 5.74. The van der Waals surface area contributed by atoms with Crippen molar-refractivity contribution in [3.63, 3.8) is 0 Å². The van der Waals surface area contributed by atoms with Crippen molar-refractivity contribution in [3.8, 4) is 0 Å². The van der Waals surface area contributed by atoms with Crippen LogP contribution in [0.3, 0.4) is 0 Å². The molecule has 1 aromatic carbocycles. The molecule has 3 N–H and O–H groups in total. The lowest BCUT2D eigenvalue weighted by Crippen LogP contribution is -2.37. The second-order valence-corrected chi connectivity index (χ2v) is 5.74. The predicted octanol–water partition coefficient (Wildman–Crippen LogP) is 2.66. The fraction of sp³-hybridized carbons (Fsp3) is 0.471. The number of amides is 1. The summed E-state index contributed by atoms with van der Waals surface area (Å²) in [5.74, 6) is 0.0834. The van der Waals surface area contributed by atoms with Crippen molar-refractivity contribution in [1.82, 2.24) is 15.6 Å². The number of aromatic amines is 1. The summed E-state index contributed by atoms with van der Waals surface area (Å²) in [4.78, 5) is 15.3. The Morgan fingerprint density at radius 3 is 3.10 bits per heavy atom. The van der Waals surface area contributed by atoms with Crippen molar-refractivity contribution >= 4 is 16.8 Å². The van der Waals surface area contributed by atoms with Crippen molar-refractivity contribution in [2.24, 2.45) is 0 Å². The fourth-order valence-electron chi connectivity index (χ4n) is 3.16. The fourth-order valence-corrected chi connectivity index (χ4v) is 3.16. The molecule has 1 aliphatic rings. The van der Waals surface area contributed by atoms with Crippen molar-refractivity contribution in [1.29, 1.82) is 0 Å². The highest BCUT2D eigenvalue weighted by molar-refractivity contribution is 5.85. The first-order valence-corrected chi connectivity index (χ1v) is 7.89. The van der Waals surface area contributed by atoms with E-state index in [0.29, 0.717) is 6.54 Å². The van der Waals surface area contributed by atoms with Crippen LogP contribution >= 0.6 is 0 Å². The largest absolute Gasteiger partial charge is 0.357 e. The van der Waals surface area contributed by atoms with Gasteiger partial charge in [-0.25, -0.2) is 0 Å². The van der Waals surface area contributed by atoms with Gasteiger partial charge >= 0.3 is 0 Å². The third-order valence-corrected chi connectivity index (χ3v) is 4.20. The normalized spacial score (nSPS) is 17.7. The van der Waals surface area contributed by atoms with Gasteiger partial charge in [0, 0.05) is 29.2 Å². The maximum atomic E-state index is 11.7. The summed E-state index contributed by atoms with van der Waals surface area (Å²) in [6, 6.07) is 8.71. The number of H-pyrrole nitrogens is 1. The molecule has 1 unspecified atom stereocenters. The molecule has 0 radical (unpaired) electrons. The summed E-state index contributed by atoms with van der Waals surface area (Å²) in [7, 11) is 0. The van der Waals surface area contributed by atoms with Crippen LogP contribution in [0.15, 0.2) is 24.3 Å². The van der Waals surface area contributed by atoms with E-state index < -0.39 is 0 Å². The van der Waals surface area contributed by atoms with Crippen LogP contribution in [0.2, 0.25) is 0 Å². The minimum atomic E-state index is 0.0834. The molecule has 1 aliphatic carbocycles. The van der Waals surface area contributed by atoms with Gasteiger partial charge in [-0.3, -0.25) is 4.79 Å². The molecule has 0 saturated heterocycles. The summed E-state index contributed by atoms with van der Waals surface area (Å²) in [5, 5.41) is 7.64. The number of nitrogens with one attached hydrogen (secondary N) is 3. The first kappa shape index (κ1) is 14.1. The van der Waals surface area contributed by atoms with Crippen LogP contribution in [-0.4, -0.2) is 24.0 Å². The van der Waals surface area contributed by atoms with Gasteiger partial charge in [0.15, 0.2) is 0 Å². The maximum Gasteiger partial charge on any atom is 0.233 e. The Bertz CT molecular complexity index is 632. The smallest absolute Gasteiger partial charge is 0.233 e. The maximum absolute atomic E-state index is 11.7. The molecule has 0 spiro atoms. The summed E-state index contributed by atoms with van der Waals surface area (Å²) < 4.78 is 0. The Hall–Kier alpha value is -1.81. The van der Waals surface area contributed by atoms with E-state index in [4.69, 9.17) is 0 Å². The topological polar surface area (TPSA) is 56.9 Å². The molecule has 0 bridgehead atoms. The van der Waals surface area contributed by atoms with Gasteiger partial charge in [-0.2, -0.15) is 0 Å². The molecular weight excluding hydrogens is 262 g/mol. The van der Waals surface area contributed by atoms with Crippen LogP contribution in [-0.2, 0) is 11.2 Å². The first-order valence-electron chi connectivity index (χ1n) is 7.89. The Morgan fingerprint density at radius 2 is 2.24 bits per heavy atom. The average molecular weight is 285 g/mol. The van der Waals surface area contributed by atoms with Crippen LogP contribution in [0, 0.1) is 0 Å². The number of fused-ring (bicyclic) bond motifs is 3. The van der Waals surface area contributed by atoms with Gasteiger partial charge in [0.25, 0.3) is 0 Å². The highest BCUT2D eigenvalue weighted by atomic mass is 16.1. The Kier molecular flexibility index (Phi) is 4.25. The van der Waals surface area contributed by atoms with Crippen LogP contribution in [0.4, 0.5) is 0 Å². The van der Waals surface area contributed by atoms with E-state index in [1.165, 1.54) is 28.6 Å². The summed E-state index contributed by atoms with van der Waals surface area (Å²) in [5.41, 5.74) is 3.89. The predicted molar refractivity (Wildman–Crippen MR) is 85.3 cm³/mol. The summed E-state index contributed by atoms with van der Waals surface area (Å²) >= 11 is 0. The number of hydrogen-bond donors (Lipinski definition) is 3. The number of rotatable bonds is 5. The highest BCUT2D eigenvalue weighted by Crippen LogP contribution is 2.34. The van der Waals surface area contributed by atoms with E-state index in [2.05, 4.69) is 46.8 Å². The minimum absolute atomic E-state index is 0.0834. The van der Waals surface area contributed by atoms with Crippen LogP contribution in [0.1, 0.15) is 43.5 Å². The van der Waals surface area contributed by atoms with Gasteiger partial charge in [-0.05, 0) is 37.3 Å². The first-order chi connectivity index (χ1) is 10.3. The Balaban J connectivity index is 1.73.